The number of ether oxygens (including phenoxy) is 2. The van der Waals surface area contributed by atoms with E-state index in [0.717, 1.165) is 17.4 Å². The number of nitrogens with zero attached hydrogens (tertiary/aromatic N) is 1. The van der Waals surface area contributed by atoms with E-state index >= 15 is 0 Å². The van der Waals surface area contributed by atoms with Crippen LogP contribution in [-0.4, -0.2) is 24.2 Å². The Kier molecular flexibility index (Phi) is 2.69. The lowest BCUT2D eigenvalue weighted by Crippen LogP contribution is -2.34. The Balaban J connectivity index is 1.85. The van der Waals surface area contributed by atoms with Crippen molar-refractivity contribution in [2.45, 2.75) is 12.8 Å². The molecule has 2 aromatic carbocycles. The fraction of sp³-hybridized carbons (Fsp3) is 0.176. The van der Waals surface area contributed by atoms with Gasteiger partial charge in [0.25, 0.3) is 5.91 Å². The van der Waals surface area contributed by atoms with Gasteiger partial charge in [0.15, 0.2) is 6.29 Å². The van der Waals surface area contributed by atoms with E-state index in [9.17, 15) is 9.59 Å². The third-order valence-corrected chi connectivity index (χ3v) is 4.10. The van der Waals surface area contributed by atoms with Crippen molar-refractivity contribution < 1.29 is 19.1 Å². The van der Waals surface area contributed by atoms with Crippen molar-refractivity contribution in [2.24, 2.45) is 0 Å². The molecule has 1 atom stereocenters. The smallest absolute Gasteiger partial charge is 0.257 e. The second-order valence-electron chi connectivity index (χ2n) is 5.31. The number of amides is 1. The van der Waals surface area contributed by atoms with Gasteiger partial charge in [-0.2, -0.15) is 0 Å². The third-order valence-electron chi connectivity index (χ3n) is 4.10. The number of fused-ring (bicyclic) bond motifs is 4. The molecule has 2 aliphatic heterocycles. The van der Waals surface area contributed by atoms with E-state index < -0.39 is 6.23 Å². The van der Waals surface area contributed by atoms with Gasteiger partial charge < -0.3 is 9.47 Å². The number of methoxy groups -OCH3 is 1. The molecule has 2 heterocycles. The van der Waals surface area contributed by atoms with Gasteiger partial charge in [-0.3, -0.25) is 14.5 Å². The first-order chi connectivity index (χ1) is 10.7. The minimum Gasteiger partial charge on any atom is -0.497 e. The predicted molar refractivity (Wildman–Crippen MR) is 78.1 cm³/mol. The lowest BCUT2D eigenvalue weighted by Gasteiger charge is -2.33. The highest BCUT2D eigenvalue weighted by Crippen LogP contribution is 2.44. The summed E-state index contributed by atoms with van der Waals surface area (Å²) < 4.78 is 11.2. The summed E-state index contributed by atoms with van der Waals surface area (Å²) >= 11 is 0. The fourth-order valence-electron chi connectivity index (χ4n) is 3.06. The van der Waals surface area contributed by atoms with Gasteiger partial charge in [-0.15, -0.1) is 0 Å². The van der Waals surface area contributed by atoms with Gasteiger partial charge in [0, 0.05) is 16.7 Å². The molecule has 0 spiro atoms. The Morgan fingerprint density at radius 2 is 2.14 bits per heavy atom. The fourth-order valence-corrected chi connectivity index (χ4v) is 3.06. The molecule has 0 bridgehead atoms. The number of rotatable bonds is 2. The zero-order valence-corrected chi connectivity index (χ0v) is 11.9. The third kappa shape index (κ3) is 1.65. The second kappa shape index (κ2) is 4.59. The van der Waals surface area contributed by atoms with Gasteiger partial charge in [0.1, 0.15) is 11.5 Å². The summed E-state index contributed by atoms with van der Waals surface area (Å²) in [5.74, 6) is 1.05. The first kappa shape index (κ1) is 12.9. The van der Waals surface area contributed by atoms with Crippen molar-refractivity contribution in [1.29, 1.82) is 0 Å². The van der Waals surface area contributed by atoms with Crippen molar-refractivity contribution in [1.82, 2.24) is 4.90 Å². The molecule has 0 saturated carbocycles. The summed E-state index contributed by atoms with van der Waals surface area (Å²) in [6.45, 7) is 0.394. The second-order valence-corrected chi connectivity index (χ2v) is 5.31. The van der Waals surface area contributed by atoms with Crippen LogP contribution >= 0.6 is 0 Å². The topological polar surface area (TPSA) is 55.8 Å². The van der Waals surface area contributed by atoms with Gasteiger partial charge >= 0.3 is 0 Å². The number of carbonyl (C=O) groups is 2. The molecular weight excluding hydrogens is 282 g/mol. The molecule has 1 amide bonds. The highest BCUT2D eigenvalue weighted by molar-refractivity contribution is 5.99. The Hall–Kier alpha value is -2.82. The van der Waals surface area contributed by atoms with E-state index in [1.54, 1.807) is 30.2 Å². The van der Waals surface area contributed by atoms with E-state index in [-0.39, 0.29) is 5.91 Å². The van der Waals surface area contributed by atoms with Crippen LogP contribution in [0.1, 0.15) is 38.1 Å². The highest BCUT2D eigenvalue weighted by atomic mass is 16.5. The van der Waals surface area contributed by atoms with E-state index in [0.29, 0.717) is 29.2 Å². The lowest BCUT2D eigenvalue weighted by molar-refractivity contribution is 0.0142. The van der Waals surface area contributed by atoms with Crippen LogP contribution in [0.4, 0.5) is 0 Å². The number of aldehydes is 1. The summed E-state index contributed by atoms with van der Waals surface area (Å²) in [6, 6.07) is 10.8. The Bertz CT molecular complexity index is 799. The molecule has 5 heteroatoms. The average molecular weight is 295 g/mol. The van der Waals surface area contributed by atoms with Gasteiger partial charge in [-0.25, -0.2) is 0 Å². The Morgan fingerprint density at radius 1 is 1.32 bits per heavy atom. The number of hydrogen-bond acceptors (Lipinski definition) is 4. The first-order valence-corrected chi connectivity index (χ1v) is 6.95. The van der Waals surface area contributed by atoms with Crippen LogP contribution in [-0.2, 0) is 6.54 Å². The maximum Gasteiger partial charge on any atom is 0.257 e. The van der Waals surface area contributed by atoms with Crippen LogP contribution in [0.5, 0.6) is 11.5 Å². The molecule has 0 aliphatic carbocycles. The SMILES string of the molecule is COc1cc(C=O)c2c(c1)CN1C(=O)c3ccccc3C1O2. The van der Waals surface area contributed by atoms with Crippen LogP contribution in [0.25, 0.3) is 0 Å². The molecule has 2 aromatic rings. The van der Waals surface area contributed by atoms with Gasteiger partial charge in [-0.05, 0) is 18.2 Å². The van der Waals surface area contributed by atoms with E-state index in [4.69, 9.17) is 9.47 Å². The van der Waals surface area contributed by atoms with Gasteiger partial charge in [0.2, 0.25) is 6.23 Å². The summed E-state index contributed by atoms with van der Waals surface area (Å²) in [5.41, 5.74) is 2.70. The van der Waals surface area contributed by atoms with Crippen molar-refractivity contribution in [3.05, 3.63) is 58.7 Å². The van der Waals surface area contributed by atoms with Crippen LogP contribution < -0.4 is 9.47 Å². The average Bonchev–Trinajstić information content (AvgIpc) is 2.85. The zero-order valence-electron chi connectivity index (χ0n) is 11.9. The van der Waals surface area contributed by atoms with Crippen molar-refractivity contribution in [2.75, 3.05) is 7.11 Å². The van der Waals surface area contributed by atoms with E-state index in [1.165, 1.54) is 0 Å². The zero-order chi connectivity index (χ0) is 15.3. The minimum absolute atomic E-state index is 0.0540. The largest absolute Gasteiger partial charge is 0.497 e. The molecule has 0 N–H and O–H groups in total. The number of carbonyl (C=O) groups excluding carboxylic acids is 2. The maximum atomic E-state index is 12.5. The van der Waals surface area contributed by atoms with E-state index in [1.807, 2.05) is 18.2 Å². The summed E-state index contributed by atoms with van der Waals surface area (Å²) in [6.07, 6.45) is 0.281. The minimum atomic E-state index is -0.469. The molecule has 22 heavy (non-hydrogen) atoms. The van der Waals surface area contributed by atoms with E-state index in [2.05, 4.69) is 0 Å². The Labute approximate surface area is 127 Å². The summed E-state index contributed by atoms with van der Waals surface area (Å²) in [7, 11) is 1.54. The van der Waals surface area contributed by atoms with Crippen LogP contribution in [0.2, 0.25) is 0 Å². The van der Waals surface area contributed by atoms with Gasteiger partial charge in [-0.1, -0.05) is 18.2 Å². The maximum absolute atomic E-state index is 12.5. The van der Waals surface area contributed by atoms with Crippen molar-refractivity contribution in [3.8, 4) is 11.5 Å². The molecule has 110 valence electrons. The quantitative estimate of drug-likeness (QED) is 0.799. The molecule has 0 fully saturated rings. The lowest BCUT2D eigenvalue weighted by atomic mass is 10.1. The predicted octanol–water partition coefficient (Wildman–Crippen LogP) is 2.55. The van der Waals surface area contributed by atoms with Crippen LogP contribution in [0, 0.1) is 0 Å². The van der Waals surface area contributed by atoms with Crippen molar-refractivity contribution >= 4 is 12.2 Å². The molecule has 4 rings (SSSR count). The molecule has 0 aromatic heterocycles. The first-order valence-electron chi connectivity index (χ1n) is 6.95. The normalized spacial score (nSPS) is 18.1. The Morgan fingerprint density at radius 3 is 2.91 bits per heavy atom. The monoisotopic (exact) mass is 295 g/mol. The summed E-state index contributed by atoms with van der Waals surface area (Å²) in [5, 5.41) is 0. The highest BCUT2D eigenvalue weighted by Gasteiger charge is 2.41. The molecule has 2 aliphatic rings. The number of benzene rings is 2. The standard InChI is InChI=1S/C17H13NO4/c1-21-12-6-10-8-18-16(20)13-4-2-3-5-14(13)17(18)22-15(10)11(7-12)9-19/h2-7,9,17H,8H2,1H3. The number of hydrogen-bond donors (Lipinski definition) is 0. The molecule has 0 radical (unpaired) electrons. The van der Waals surface area contributed by atoms with Crippen LogP contribution in [0.3, 0.4) is 0 Å². The molecule has 0 saturated heterocycles. The van der Waals surface area contributed by atoms with Gasteiger partial charge in [0.05, 0.1) is 19.2 Å². The molecule has 1 unspecified atom stereocenters. The van der Waals surface area contributed by atoms with Crippen LogP contribution in [0.15, 0.2) is 36.4 Å². The van der Waals surface area contributed by atoms with Crippen molar-refractivity contribution in [3.63, 3.8) is 0 Å². The molecule has 5 nitrogen and oxygen atoms in total. The summed E-state index contributed by atoms with van der Waals surface area (Å²) in [4.78, 5) is 25.5. The molecular formula is C17H13NO4.